The topological polar surface area (TPSA) is 94.3 Å². The maximum Gasteiger partial charge on any atom is 0.223 e. The Kier molecular flexibility index (Phi) is 9.23. The van der Waals surface area contributed by atoms with E-state index in [0.29, 0.717) is 13.2 Å². The van der Waals surface area contributed by atoms with E-state index in [4.69, 9.17) is 15.2 Å². The first kappa shape index (κ1) is 17.5. The number of rotatable bonds is 12. The van der Waals surface area contributed by atoms with Crippen LogP contribution in [0.25, 0.3) is 0 Å². The van der Waals surface area contributed by atoms with E-state index < -0.39 is 0 Å². The Morgan fingerprint density at radius 3 is 2.43 bits per heavy atom. The van der Waals surface area contributed by atoms with Crippen molar-refractivity contribution in [2.75, 3.05) is 56.4 Å². The van der Waals surface area contributed by atoms with Gasteiger partial charge in [-0.25, -0.2) is 0 Å². The van der Waals surface area contributed by atoms with Crippen molar-refractivity contribution >= 4 is 17.6 Å². The summed E-state index contributed by atoms with van der Waals surface area (Å²) < 4.78 is 10.3. The maximum atomic E-state index is 5.70. The Morgan fingerprint density at radius 1 is 1.05 bits per heavy atom. The fourth-order valence-electron chi connectivity index (χ4n) is 1.69. The van der Waals surface area contributed by atoms with Crippen molar-refractivity contribution in [1.82, 2.24) is 9.97 Å². The maximum absolute atomic E-state index is 5.70. The molecule has 0 bridgehead atoms. The van der Waals surface area contributed by atoms with E-state index in [9.17, 15) is 0 Å². The van der Waals surface area contributed by atoms with E-state index in [1.165, 1.54) is 0 Å². The van der Waals surface area contributed by atoms with E-state index in [2.05, 4.69) is 27.5 Å². The summed E-state index contributed by atoms with van der Waals surface area (Å²) in [7, 11) is 1.67. The average Bonchev–Trinajstić information content (AvgIpc) is 2.47. The van der Waals surface area contributed by atoms with Crippen molar-refractivity contribution in [2.45, 2.75) is 26.2 Å². The lowest BCUT2D eigenvalue weighted by atomic mass is 10.3. The van der Waals surface area contributed by atoms with Gasteiger partial charge in [-0.3, -0.25) is 0 Å². The Hall–Kier alpha value is -1.60. The summed E-state index contributed by atoms with van der Waals surface area (Å²) in [5, 5.41) is 6.46. The molecule has 0 aromatic carbocycles. The van der Waals surface area contributed by atoms with Gasteiger partial charge in [0.2, 0.25) is 5.95 Å². The van der Waals surface area contributed by atoms with Crippen LogP contribution in [-0.2, 0) is 9.47 Å². The molecule has 0 amide bonds. The zero-order valence-electron chi connectivity index (χ0n) is 13.0. The number of aromatic nitrogens is 2. The fourth-order valence-corrected chi connectivity index (χ4v) is 1.69. The van der Waals surface area contributed by atoms with Crippen LogP contribution in [0.4, 0.5) is 17.6 Å². The van der Waals surface area contributed by atoms with Crippen LogP contribution in [0.5, 0.6) is 0 Å². The number of hydrogen-bond donors (Lipinski definition) is 3. The van der Waals surface area contributed by atoms with E-state index in [-0.39, 0.29) is 5.95 Å². The van der Waals surface area contributed by atoms with E-state index in [0.717, 1.165) is 50.6 Å². The van der Waals surface area contributed by atoms with E-state index >= 15 is 0 Å². The Labute approximate surface area is 126 Å². The van der Waals surface area contributed by atoms with E-state index in [1.807, 2.05) is 6.07 Å². The van der Waals surface area contributed by atoms with Gasteiger partial charge in [0, 0.05) is 32.9 Å². The molecule has 120 valence electrons. The molecule has 0 spiro atoms. The van der Waals surface area contributed by atoms with Crippen LogP contribution >= 0.6 is 0 Å². The van der Waals surface area contributed by atoms with Gasteiger partial charge in [0.15, 0.2) is 0 Å². The second-order valence-electron chi connectivity index (χ2n) is 4.66. The van der Waals surface area contributed by atoms with Crippen molar-refractivity contribution < 1.29 is 9.47 Å². The largest absolute Gasteiger partial charge is 0.382 e. The SMILES string of the molecule is CCCNc1cc(NCCCCOCCOC)nc(N)n1. The third kappa shape index (κ3) is 8.31. The molecule has 0 aliphatic carbocycles. The predicted molar refractivity (Wildman–Crippen MR) is 85.6 cm³/mol. The molecule has 0 aliphatic heterocycles. The number of methoxy groups -OCH3 is 1. The molecule has 4 N–H and O–H groups in total. The lowest BCUT2D eigenvalue weighted by molar-refractivity contribution is 0.0691. The van der Waals surface area contributed by atoms with Gasteiger partial charge in [0.1, 0.15) is 11.6 Å². The summed E-state index contributed by atoms with van der Waals surface area (Å²) in [5.41, 5.74) is 5.70. The molecule has 0 radical (unpaired) electrons. The molecular formula is C14H27N5O2. The lowest BCUT2D eigenvalue weighted by Crippen LogP contribution is -2.10. The molecule has 0 saturated carbocycles. The lowest BCUT2D eigenvalue weighted by Gasteiger charge is -2.09. The highest BCUT2D eigenvalue weighted by Gasteiger charge is 2.01. The minimum Gasteiger partial charge on any atom is -0.382 e. The van der Waals surface area contributed by atoms with Crippen LogP contribution in [0.15, 0.2) is 6.07 Å². The minimum absolute atomic E-state index is 0.279. The second kappa shape index (κ2) is 11.1. The van der Waals surface area contributed by atoms with Crippen LogP contribution in [-0.4, -0.2) is 50.0 Å². The molecular weight excluding hydrogens is 270 g/mol. The van der Waals surface area contributed by atoms with Crippen LogP contribution in [0, 0.1) is 0 Å². The third-order valence-electron chi connectivity index (χ3n) is 2.75. The molecule has 0 unspecified atom stereocenters. The van der Waals surface area contributed by atoms with Gasteiger partial charge in [-0.2, -0.15) is 9.97 Å². The molecule has 1 aromatic heterocycles. The van der Waals surface area contributed by atoms with Crippen molar-refractivity contribution in [3.63, 3.8) is 0 Å². The van der Waals surface area contributed by atoms with Gasteiger partial charge >= 0.3 is 0 Å². The number of hydrogen-bond acceptors (Lipinski definition) is 7. The smallest absolute Gasteiger partial charge is 0.223 e. The molecule has 1 rings (SSSR count). The van der Waals surface area contributed by atoms with Gasteiger partial charge in [-0.05, 0) is 19.3 Å². The minimum atomic E-state index is 0.279. The summed E-state index contributed by atoms with van der Waals surface area (Å²) in [4.78, 5) is 8.31. The first-order valence-electron chi connectivity index (χ1n) is 7.45. The van der Waals surface area contributed by atoms with Gasteiger partial charge in [0.05, 0.1) is 13.2 Å². The number of nitrogen functional groups attached to an aromatic ring is 1. The summed E-state index contributed by atoms with van der Waals surface area (Å²) in [6.07, 6.45) is 3.04. The van der Waals surface area contributed by atoms with Crippen LogP contribution < -0.4 is 16.4 Å². The molecule has 0 atom stereocenters. The summed E-state index contributed by atoms with van der Waals surface area (Å²) in [6, 6.07) is 1.88. The van der Waals surface area contributed by atoms with Gasteiger partial charge in [0.25, 0.3) is 0 Å². The highest BCUT2D eigenvalue weighted by atomic mass is 16.5. The zero-order chi connectivity index (χ0) is 15.3. The molecule has 0 aliphatic rings. The van der Waals surface area contributed by atoms with Crippen LogP contribution in [0.2, 0.25) is 0 Å². The first-order valence-corrected chi connectivity index (χ1v) is 7.45. The highest BCUT2D eigenvalue weighted by Crippen LogP contribution is 2.12. The Bertz CT molecular complexity index is 390. The quantitative estimate of drug-likeness (QED) is 0.506. The molecule has 1 heterocycles. The van der Waals surface area contributed by atoms with Gasteiger partial charge in [-0.1, -0.05) is 6.92 Å². The number of nitrogens with one attached hydrogen (secondary N) is 2. The van der Waals surface area contributed by atoms with Crippen molar-refractivity contribution in [3.05, 3.63) is 6.07 Å². The second-order valence-corrected chi connectivity index (χ2v) is 4.66. The van der Waals surface area contributed by atoms with E-state index in [1.54, 1.807) is 7.11 Å². The molecule has 0 saturated heterocycles. The number of nitrogens with zero attached hydrogens (tertiary/aromatic N) is 2. The monoisotopic (exact) mass is 297 g/mol. The fraction of sp³-hybridized carbons (Fsp3) is 0.714. The van der Waals surface area contributed by atoms with Crippen molar-refractivity contribution in [1.29, 1.82) is 0 Å². The Morgan fingerprint density at radius 2 is 1.76 bits per heavy atom. The predicted octanol–water partition coefficient (Wildman–Crippen LogP) is 1.74. The molecule has 7 nitrogen and oxygen atoms in total. The zero-order valence-corrected chi connectivity index (χ0v) is 13.0. The third-order valence-corrected chi connectivity index (χ3v) is 2.75. The number of ether oxygens (including phenoxy) is 2. The summed E-state index contributed by atoms with van der Waals surface area (Å²) in [5.74, 6) is 1.79. The highest BCUT2D eigenvalue weighted by molar-refractivity contribution is 5.50. The van der Waals surface area contributed by atoms with Gasteiger partial charge in [-0.15, -0.1) is 0 Å². The van der Waals surface area contributed by atoms with Crippen molar-refractivity contribution in [2.24, 2.45) is 0 Å². The van der Waals surface area contributed by atoms with Crippen molar-refractivity contribution in [3.8, 4) is 0 Å². The summed E-state index contributed by atoms with van der Waals surface area (Å²) >= 11 is 0. The molecule has 7 heteroatoms. The molecule has 1 aromatic rings. The standard InChI is InChI=1S/C14H27N5O2/c1-3-6-16-12-11-13(19-14(15)18-12)17-7-4-5-8-21-10-9-20-2/h11H,3-10H2,1-2H3,(H4,15,16,17,18,19). The van der Waals surface area contributed by atoms with Crippen LogP contribution in [0.1, 0.15) is 26.2 Å². The van der Waals surface area contributed by atoms with Gasteiger partial charge < -0.3 is 25.8 Å². The Balaban J connectivity index is 2.20. The normalized spacial score (nSPS) is 10.6. The first-order chi connectivity index (χ1) is 10.3. The molecule has 21 heavy (non-hydrogen) atoms. The van der Waals surface area contributed by atoms with Crippen LogP contribution in [0.3, 0.4) is 0 Å². The average molecular weight is 297 g/mol. The number of anilines is 3. The number of nitrogens with two attached hydrogens (primary N) is 1. The summed E-state index contributed by atoms with van der Waals surface area (Å²) in [6.45, 7) is 5.85. The number of unbranched alkanes of at least 4 members (excludes halogenated alkanes) is 1. The molecule has 0 fully saturated rings.